The Morgan fingerprint density at radius 2 is 1.78 bits per heavy atom. The summed E-state index contributed by atoms with van der Waals surface area (Å²) in [5.74, 6) is 3.71. The molecule has 0 aliphatic heterocycles. The molecular formula is C28H35N7O. The third-order valence-electron chi connectivity index (χ3n) is 8.15. The molecule has 0 bridgehead atoms. The van der Waals surface area contributed by atoms with Crippen LogP contribution in [0.2, 0.25) is 0 Å². The van der Waals surface area contributed by atoms with Gasteiger partial charge in [0.1, 0.15) is 5.82 Å². The number of amides is 1. The molecule has 0 spiro atoms. The maximum atomic E-state index is 12.9. The van der Waals surface area contributed by atoms with Crippen LogP contribution in [0.5, 0.6) is 0 Å². The molecule has 2 saturated carbocycles. The number of aromatic amines is 1. The molecule has 0 unspecified atom stereocenters. The molecule has 8 nitrogen and oxygen atoms in total. The topological polar surface area (TPSA) is 98.8 Å². The summed E-state index contributed by atoms with van der Waals surface area (Å²) in [6.07, 6.45) is 10.2. The van der Waals surface area contributed by atoms with Crippen LogP contribution >= 0.6 is 0 Å². The van der Waals surface area contributed by atoms with E-state index in [-0.39, 0.29) is 11.8 Å². The van der Waals surface area contributed by atoms with Crippen molar-refractivity contribution in [3.8, 4) is 0 Å². The van der Waals surface area contributed by atoms with Crippen LogP contribution < -0.4 is 15.5 Å². The van der Waals surface area contributed by atoms with E-state index >= 15 is 0 Å². The minimum absolute atomic E-state index is 0.104. The minimum Gasteiger partial charge on any atom is -0.356 e. The molecule has 188 valence electrons. The second-order valence-corrected chi connectivity index (χ2v) is 10.8. The van der Waals surface area contributed by atoms with Crippen LogP contribution in [0.25, 0.3) is 0 Å². The zero-order valence-electron chi connectivity index (χ0n) is 20.9. The number of nitrogens with zero attached hydrogens (tertiary/aromatic N) is 4. The van der Waals surface area contributed by atoms with Crippen LogP contribution in [0.4, 0.5) is 17.6 Å². The number of aromatic nitrogens is 4. The van der Waals surface area contributed by atoms with E-state index in [0.717, 1.165) is 56.7 Å². The lowest BCUT2D eigenvalue weighted by Crippen LogP contribution is -2.41. The summed E-state index contributed by atoms with van der Waals surface area (Å²) in [5.41, 5.74) is 4.07. The summed E-state index contributed by atoms with van der Waals surface area (Å²) in [7, 11) is 2.06. The van der Waals surface area contributed by atoms with Gasteiger partial charge in [0, 0.05) is 49.4 Å². The Morgan fingerprint density at radius 1 is 1.03 bits per heavy atom. The van der Waals surface area contributed by atoms with Crippen LogP contribution in [0.1, 0.15) is 61.3 Å². The average Bonchev–Trinajstić information content (AvgIpc) is 3.51. The molecule has 1 aromatic carbocycles. The van der Waals surface area contributed by atoms with Crippen molar-refractivity contribution < 1.29 is 4.79 Å². The van der Waals surface area contributed by atoms with Crippen molar-refractivity contribution in [1.82, 2.24) is 25.5 Å². The van der Waals surface area contributed by atoms with Gasteiger partial charge in [0.25, 0.3) is 0 Å². The van der Waals surface area contributed by atoms with E-state index in [0.29, 0.717) is 23.8 Å². The van der Waals surface area contributed by atoms with Crippen molar-refractivity contribution >= 4 is 23.5 Å². The summed E-state index contributed by atoms with van der Waals surface area (Å²) in [4.78, 5) is 24.3. The first-order chi connectivity index (χ1) is 17.6. The third-order valence-corrected chi connectivity index (χ3v) is 8.15. The van der Waals surface area contributed by atoms with E-state index in [4.69, 9.17) is 4.98 Å². The lowest BCUT2D eigenvalue weighted by atomic mass is 9.85. The van der Waals surface area contributed by atoms with Gasteiger partial charge < -0.3 is 15.5 Å². The number of rotatable bonds is 8. The normalized spacial score (nSPS) is 21.7. The van der Waals surface area contributed by atoms with E-state index in [9.17, 15) is 4.79 Å². The summed E-state index contributed by atoms with van der Waals surface area (Å²) in [6.45, 7) is 0.777. The van der Waals surface area contributed by atoms with Crippen molar-refractivity contribution in [2.75, 3.05) is 23.8 Å². The van der Waals surface area contributed by atoms with Gasteiger partial charge >= 0.3 is 0 Å². The average molecular weight is 486 g/mol. The number of hydrogen-bond acceptors (Lipinski definition) is 6. The van der Waals surface area contributed by atoms with Gasteiger partial charge in [-0.3, -0.25) is 9.89 Å². The number of benzene rings is 1. The fraction of sp³-hybridized carbons (Fsp3) is 0.500. The molecule has 8 heteroatoms. The largest absolute Gasteiger partial charge is 0.356 e. The Kier molecular flexibility index (Phi) is 6.34. The first-order valence-corrected chi connectivity index (χ1v) is 13.3. The predicted molar refractivity (Wildman–Crippen MR) is 140 cm³/mol. The summed E-state index contributed by atoms with van der Waals surface area (Å²) in [6, 6.07) is 12.9. The van der Waals surface area contributed by atoms with Gasteiger partial charge in [0.15, 0.2) is 5.82 Å². The fourth-order valence-electron chi connectivity index (χ4n) is 5.80. The quantitative estimate of drug-likeness (QED) is 0.439. The smallest absolute Gasteiger partial charge is 0.227 e. The second-order valence-electron chi connectivity index (χ2n) is 10.8. The second kappa shape index (κ2) is 9.91. The monoisotopic (exact) mass is 485 g/mol. The molecule has 2 fully saturated rings. The van der Waals surface area contributed by atoms with Gasteiger partial charge in [0.2, 0.25) is 11.9 Å². The number of nitrogens with one attached hydrogen (secondary N) is 3. The van der Waals surface area contributed by atoms with Crippen LogP contribution in [0.15, 0.2) is 42.6 Å². The lowest BCUT2D eigenvalue weighted by molar-refractivity contribution is -0.126. The highest BCUT2D eigenvalue weighted by molar-refractivity contribution is 5.78. The van der Waals surface area contributed by atoms with Gasteiger partial charge in [-0.15, -0.1) is 0 Å². The Balaban J connectivity index is 0.980. The molecule has 3 N–H and O–H groups in total. The maximum absolute atomic E-state index is 12.9. The van der Waals surface area contributed by atoms with E-state index < -0.39 is 0 Å². The number of carbonyl (C=O) groups excluding carboxylic acids is 1. The zero-order chi connectivity index (χ0) is 24.5. The number of fused-ring (bicyclic) bond motifs is 1. The highest BCUT2D eigenvalue weighted by Gasteiger charge is 2.30. The molecule has 2 heterocycles. The minimum atomic E-state index is 0.104. The molecular weight excluding hydrogens is 450 g/mol. The Hall–Kier alpha value is -3.42. The van der Waals surface area contributed by atoms with Crippen LogP contribution in [-0.4, -0.2) is 45.7 Å². The highest BCUT2D eigenvalue weighted by Crippen LogP contribution is 2.39. The number of anilines is 3. The van der Waals surface area contributed by atoms with Crippen LogP contribution in [-0.2, 0) is 17.6 Å². The van der Waals surface area contributed by atoms with E-state index in [2.05, 4.69) is 68.1 Å². The zero-order valence-corrected chi connectivity index (χ0v) is 20.9. The van der Waals surface area contributed by atoms with Crippen molar-refractivity contribution in [2.24, 2.45) is 11.8 Å². The molecule has 2 aromatic heterocycles. The first-order valence-electron chi connectivity index (χ1n) is 13.3. The Labute approximate surface area is 212 Å². The molecule has 0 atom stereocenters. The first kappa shape index (κ1) is 23.0. The highest BCUT2D eigenvalue weighted by atomic mass is 16.1. The van der Waals surface area contributed by atoms with Gasteiger partial charge in [-0.05, 0) is 74.5 Å². The summed E-state index contributed by atoms with van der Waals surface area (Å²) in [5, 5.41) is 14.0. The predicted octanol–water partition coefficient (Wildman–Crippen LogP) is 4.35. The van der Waals surface area contributed by atoms with Crippen molar-refractivity contribution in [2.45, 2.75) is 63.3 Å². The molecule has 3 aliphatic carbocycles. The van der Waals surface area contributed by atoms with Gasteiger partial charge in [-0.1, -0.05) is 24.3 Å². The fourth-order valence-corrected chi connectivity index (χ4v) is 5.80. The SMILES string of the molecule is CN(c1nccc(Nc2cc(C3CC3)[nH]n2)n1)C1CCC(C(=O)NCC2Cc3ccccc3C2)CC1. The van der Waals surface area contributed by atoms with Crippen molar-refractivity contribution in [3.05, 3.63) is 59.4 Å². The van der Waals surface area contributed by atoms with E-state index in [1.54, 1.807) is 6.20 Å². The molecule has 1 amide bonds. The Bertz CT molecular complexity index is 1190. The molecule has 6 rings (SSSR count). The van der Waals surface area contributed by atoms with Crippen LogP contribution in [0.3, 0.4) is 0 Å². The maximum Gasteiger partial charge on any atom is 0.227 e. The molecule has 0 saturated heterocycles. The molecule has 3 aromatic rings. The molecule has 36 heavy (non-hydrogen) atoms. The van der Waals surface area contributed by atoms with Gasteiger partial charge in [-0.25, -0.2) is 4.98 Å². The number of carbonyl (C=O) groups is 1. The van der Waals surface area contributed by atoms with E-state index in [1.807, 2.05) is 6.07 Å². The van der Waals surface area contributed by atoms with Gasteiger partial charge in [-0.2, -0.15) is 10.1 Å². The van der Waals surface area contributed by atoms with Crippen molar-refractivity contribution in [1.29, 1.82) is 0 Å². The summed E-state index contributed by atoms with van der Waals surface area (Å²) >= 11 is 0. The van der Waals surface area contributed by atoms with Crippen LogP contribution in [0, 0.1) is 11.8 Å². The van der Waals surface area contributed by atoms with Crippen molar-refractivity contribution in [3.63, 3.8) is 0 Å². The number of H-pyrrole nitrogens is 1. The molecule has 3 aliphatic rings. The van der Waals surface area contributed by atoms with Gasteiger partial charge in [0.05, 0.1) is 0 Å². The lowest BCUT2D eigenvalue weighted by Gasteiger charge is -2.34. The number of hydrogen-bond donors (Lipinski definition) is 3. The summed E-state index contributed by atoms with van der Waals surface area (Å²) < 4.78 is 0. The third kappa shape index (κ3) is 5.08. The Morgan fingerprint density at radius 3 is 2.50 bits per heavy atom. The van der Waals surface area contributed by atoms with E-state index in [1.165, 1.54) is 29.7 Å². The molecule has 0 radical (unpaired) electrons. The standard InChI is InChI=1S/C28H35N7O/c1-35(28-29-13-12-25(32-28)31-26-16-24(33-34-26)19-6-7-19)23-10-8-20(9-11-23)27(36)30-17-18-14-21-4-2-3-5-22(21)15-18/h2-5,12-13,16,18-20,23H,6-11,14-15,17H2,1H3,(H,30,36)(H2,29,31,32,33,34).